The van der Waals surface area contributed by atoms with Gasteiger partial charge in [-0.25, -0.2) is 0 Å². The van der Waals surface area contributed by atoms with E-state index in [1.54, 1.807) is 7.05 Å². The molecule has 1 fully saturated rings. The molecule has 0 aromatic rings. The first-order chi connectivity index (χ1) is 6.66. The van der Waals surface area contributed by atoms with Crippen LogP contribution >= 0.6 is 0 Å². The number of piperidine rings is 1. The molecule has 1 amide bonds. The van der Waals surface area contributed by atoms with Crippen molar-refractivity contribution in [2.24, 2.45) is 0 Å². The molecule has 5 heteroatoms. The largest absolute Gasteiger partial charge is 0.333 e. The molecule has 0 radical (unpaired) electrons. The molecule has 14 heavy (non-hydrogen) atoms. The van der Waals surface area contributed by atoms with Crippen molar-refractivity contribution < 1.29 is 13.6 Å². The number of hydrogen-bond donors (Lipinski definition) is 1. The third-order valence-corrected chi connectivity index (χ3v) is 2.54. The number of alkyl halides is 2. The van der Waals surface area contributed by atoms with Gasteiger partial charge in [0.05, 0.1) is 0 Å². The standard InChI is InChI=1S/C9H16F2N2O/c1-12-6-7-4-2-3-5-13(7)9(14)8(10)11/h7-8,12H,2-6H2,1H3. The van der Waals surface area contributed by atoms with Crippen molar-refractivity contribution in [2.75, 3.05) is 20.1 Å². The van der Waals surface area contributed by atoms with Crippen LogP contribution in [0.4, 0.5) is 8.78 Å². The Morgan fingerprint density at radius 2 is 2.29 bits per heavy atom. The van der Waals surface area contributed by atoms with E-state index in [0.717, 1.165) is 19.3 Å². The van der Waals surface area contributed by atoms with Crippen LogP contribution in [0.2, 0.25) is 0 Å². The number of nitrogens with one attached hydrogen (secondary N) is 1. The molecular formula is C9H16F2N2O. The zero-order valence-corrected chi connectivity index (χ0v) is 8.30. The lowest BCUT2D eigenvalue weighted by Crippen LogP contribution is -2.50. The Bertz CT molecular complexity index is 197. The molecule has 0 spiro atoms. The van der Waals surface area contributed by atoms with Crippen molar-refractivity contribution in [3.63, 3.8) is 0 Å². The van der Waals surface area contributed by atoms with Gasteiger partial charge in [-0.05, 0) is 26.3 Å². The molecule has 1 N–H and O–H groups in total. The number of nitrogens with zero attached hydrogens (tertiary/aromatic N) is 1. The Labute approximate surface area is 82.5 Å². The van der Waals surface area contributed by atoms with Gasteiger partial charge in [0.1, 0.15) is 0 Å². The van der Waals surface area contributed by atoms with Crippen LogP contribution in [0, 0.1) is 0 Å². The maximum absolute atomic E-state index is 12.2. The molecular weight excluding hydrogens is 190 g/mol. The van der Waals surface area contributed by atoms with Gasteiger partial charge in [0.2, 0.25) is 0 Å². The average molecular weight is 206 g/mol. The smallest absolute Gasteiger partial charge is 0.315 e. The molecule has 1 atom stereocenters. The summed E-state index contributed by atoms with van der Waals surface area (Å²) in [5, 5.41) is 2.92. The van der Waals surface area contributed by atoms with Crippen molar-refractivity contribution in [3.8, 4) is 0 Å². The van der Waals surface area contributed by atoms with Crippen molar-refractivity contribution >= 4 is 5.91 Å². The molecule has 0 aliphatic carbocycles. The van der Waals surface area contributed by atoms with Gasteiger partial charge in [0.25, 0.3) is 5.91 Å². The minimum Gasteiger partial charge on any atom is -0.333 e. The Morgan fingerprint density at radius 3 is 2.86 bits per heavy atom. The average Bonchev–Trinajstić information content (AvgIpc) is 2.18. The number of likely N-dealkylation sites (N-methyl/N-ethyl adjacent to an activating group) is 1. The molecule has 1 heterocycles. The molecule has 0 aromatic carbocycles. The summed E-state index contributed by atoms with van der Waals surface area (Å²) < 4.78 is 24.4. The minimum atomic E-state index is -2.87. The summed E-state index contributed by atoms with van der Waals surface area (Å²) >= 11 is 0. The Balaban J connectivity index is 2.57. The summed E-state index contributed by atoms with van der Waals surface area (Å²) in [6, 6.07) is -0.0600. The number of hydrogen-bond acceptors (Lipinski definition) is 2. The van der Waals surface area contributed by atoms with Crippen LogP contribution in [0.1, 0.15) is 19.3 Å². The summed E-state index contributed by atoms with van der Waals surface area (Å²) in [5.41, 5.74) is 0. The molecule has 1 aliphatic rings. The van der Waals surface area contributed by atoms with Crippen LogP contribution in [0.5, 0.6) is 0 Å². The van der Waals surface area contributed by atoms with Gasteiger partial charge < -0.3 is 10.2 Å². The molecule has 0 saturated carbocycles. The van der Waals surface area contributed by atoms with Crippen LogP contribution in [0.3, 0.4) is 0 Å². The molecule has 1 unspecified atom stereocenters. The number of halogens is 2. The van der Waals surface area contributed by atoms with Crippen molar-refractivity contribution in [2.45, 2.75) is 31.7 Å². The molecule has 0 bridgehead atoms. The van der Waals surface area contributed by atoms with E-state index in [0.29, 0.717) is 13.1 Å². The van der Waals surface area contributed by atoms with Gasteiger partial charge in [0.15, 0.2) is 0 Å². The number of rotatable bonds is 3. The Hall–Kier alpha value is -0.710. The maximum atomic E-state index is 12.2. The number of amides is 1. The Kier molecular flexibility index (Phi) is 4.25. The van der Waals surface area contributed by atoms with E-state index >= 15 is 0 Å². The van der Waals surface area contributed by atoms with E-state index in [-0.39, 0.29) is 6.04 Å². The highest BCUT2D eigenvalue weighted by Crippen LogP contribution is 2.18. The number of carbonyl (C=O) groups excluding carboxylic acids is 1. The van der Waals surface area contributed by atoms with E-state index in [1.165, 1.54) is 4.90 Å². The summed E-state index contributed by atoms with van der Waals surface area (Å²) in [6.07, 6.45) is -0.204. The van der Waals surface area contributed by atoms with Crippen LogP contribution in [0.25, 0.3) is 0 Å². The first-order valence-corrected chi connectivity index (χ1v) is 4.90. The molecule has 82 valence electrons. The third-order valence-electron chi connectivity index (χ3n) is 2.54. The van der Waals surface area contributed by atoms with Crippen LogP contribution in [-0.4, -0.2) is 43.4 Å². The molecule has 3 nitrogen and oxygen atoms in total. The summed E-state index contributed by atoms with van der Waals surface area (Å²) in [5.74, 6) is -1.02. The summed E-state index contributed by atoms with van der Waals surface area (Å²) in [7, 11) is 1.76. The topological polar surface area (TPSA) is 32.3 Å². The van der Waals surface area contributed by atoms with Crippen LogP contribution in [0.15, 0.2) is 0 Å². The molecule has 1 rings (SSSR count). The second-order valence-corrected chi connectivity index (χ2v) is 3.54. The minimum absolute atomic E-state index is 0.0600. The highest BCUT2D eigenvalue weighted by atomic mass is 19.3. The second kappa shape index (κ2) is 5.24. The van der Waals surface area contributed by atoms with Gasteiger partial charge in [-0.2, -0.15) is 8.78 Å². The first kappa shape index (κ1) is 11.4. The van der Waals surface area contributed by atoms with Gasteiger partial charge in [-0.1, -0.05) is 0 Å². The van der Waals surface area contributed by atoms with E-state index in [9.17, 15) is 13.6 Å². The summed E-state index contributed by atoms with van der Waals surface area (Å²) in [4.78, 5) is 12.4. The van der Waals surface area contributed by atoms with Crippen molar-refractivity contribution in [3.05, 3.63) is 0 Å². The highest BCUT2D eigenvalue weighted by Gasteiger charge is 2.30. The number of likely N-dealkylation sites (tertiary alicyclic amines) is 1. The first-order valence-electron chi connectivity index (χ1n) is 4.90. The molecule has 1 aliphatic heterocycles. The quantitative estimate of drug-likeness (QED) is 0.742. The maximum Gasteiger partial charge on any atom is 0.315 e. The zero-order valence-electron chi connectivity index (χ0n) is 8.30. The lowest BCUT2D eigenvalue weighted by atomic mass is 10.0. The van der Waals surface area contributed by atoms with Crippen LogP contribution in [-0.2, 0) is 4.79 Å². The van der Waals surface area contributed by atoms with E-state index in [1.807, 2.05) is 0 Å². The fourth-order valence-corrected chi connectivity index (χ4v) is 1.86. The second-order valence-electron chi connectivity index (χ2n) is 3.54. The highest BCUT2D eigenvalue weighted by molar-refractivity contribution is 5.79. The van der Waals surface area contributed by atoms with E-state index in [4.69, 9.17) is 0 Å². The fraction of sp³-hybridized carbons (Fsp3) is 0.889. The van der Waals surface area contributed by atoms with Crippen molar-refractivity contribution in [1.29, 1.82) is 0 Å². The Morgan fingerprint density at radius 1 is 1.57 bits per heavy atom. The molecule has 0 aromatic heterocycles. The van der Waals surface area contributed by atoms with E-state index < -0.39 is 12.3 Å². The lowest BCUT2D eigenvalue weighted by molar-refractivity contribution is -0.146. The predicted molar refractivity (Wildman–Crippen MR) is 49.3 cm³/mol. The van der Waals surface area contributed by atoms with Gasteiger partial charge in [-0.15, -0.1) is 0 Å². The van der Waals surface area contributed by atoms with Gasteiger partial charge >= 0.3 is 6.43 Å². The zero-order chi connectivity index (χ0) is 10.6. The normalized spacial score (nSPS) is 22.9. The number of carbonyl (C=O) groups is 1. The predicted octanol–water partition coefficient (Wildman–Crippen LogP) is 0.852. The van der Waals surface area contributed by atoms with Crippen LogP contribution < -0.4 is 5.32 Å². The third kappa shape index (κ3) is 2.64. The SMILES string of the molecule is CNCC1CCCCN1C(=O)C(F)F. The van der Waals surface area contributed by atoms with Crippen molar-refractivity contribution in [1.82, 2.24) is 10.2 Å². The van der Waals surface area contributed by atoms with Gasteiger partial charge in [0, 0.05) is 19.1 Å². The van der Waals surface area contributed by atoms with Gasteiger partial charge in [-0.3, -0.25) is 4.79 Å². The monoisotopic (exact) mass is 206 g/mol. The lowest BCUT2D eigenvalue weighted by Gasteiger charge is -2.35. The summed E-state index contributed by atoms with van der Waals surface area (Å²) in [6.45, 7) is 1.06. The van der Waals surface area contributed by atoms with E-state index in [2.05, 4.69) is 5.32 Å². The molecule has 1 saturated heterocycles. The fourth-order valence-electron chi connectivity index (χ4n) is 1.86.